The summed E-state index contributed by atoms with van der Waals surface area (Å²) in [6.45, 7) is 1.82. The van der Waals surface area contributed by atoms with Crippen LogP contribution in [0.5, 0.6) is 28.7 Å². The smallest absolute Gasteiger partial charge is 0.130 e. The van der Waals surface area contributed by atoms with Gasteiger partial charge < -0.3 is 23.7 Å². The lowest BCUT2D eigenvalue weighted by atomic mass is 9.96. The molecule has 1 unspecified atom stereocenters. The maximum absolute atomic E-state index is 6.78. The Morgan fingerprint density at radius 3 is 1.46 bits per heavy atom. The lowest BCUT2D eigenvalue weighted by molar-refractivity contribution is 0.164. The fraction of sp³-hybridized carbons (Fsp3) is 0.163. The van der Waals surface area contributed by atoms with Crippen LogP contribution in [0.4, 0.5) is 0 Å². The standard InChI is InChI=1S/C43H38O5/c1-5-13-32(14-6-1)28-44-36-21-22-38(41(25-36)46-30-34-17-9-3-10-18-34)40-24-23-39-42(47-31-35-19-11-4-12-20-35)26-37(27-43(39)48-40)45-29-33-15-7-2-8-16-33/h1-22,25-27,40H,23-24,28-31H2. The molecule has 0 fully saturated rings. The van der Waals surface area contributed by atoms with E-state index in [0.29, 0.717) is 32.2 Å². The molecule has 1 atom stereocenters. The molecule has 6 aromatic carbocycles. The summed E-state index contributed by atoms with van der Waals surface area (Å²) < 4.78 is 32.1. The van der Waals surface area contributed by atoms with Crippen LogP contribution in [-0.4, -0.2) is 0 Å². The van der Waals surface area contributed by atoms with E-state index in [1.165, 1.54) is 0 Å². The Hall–Kier alpha value is -5.68. The third-order valence-electron chi connectivity index (χ3n) is 8.37. The maximum Gasteiger partial charge on any atom is 0.130 e. The predicted molar refractivity (Wildman–Crippen MR) is 188 cm³/mol. The lowest BCUT2D eigenvalue weighted by Crippen LogP contribution is -2.17. The number of hydrogen-bond acceptors (Lipinski definition) is 5. The molecule has 1 aliphatic heterocycles. The van der Waals surface area contributed by atoms with Gasteiger partial charge in [0.2, 0.25) is 0 Å². The molecule has 0 saturated carbocycles. The van der Waals surface area contributed by atoms with Crippen molar-refractivity contribution in [1.29, 1.82) is 0 Å². The van der Waals surface area contributed by atoms with E-state index in [1.54, 1.807) is 0 Å². The van der Waals surface area contributed by atoms with Crippen molar-refractivity contribution in [1.82, 2.24) is 0 Å². The zero-order valence-electron chi connectivity index (χ0n) is 26.8. The first-order chi connectivity index (χ1) is 23.8. The van der Waals surface area contributed by atoms with Gasteiger partial charge in [0.25, 0.3) is 0 Å². The van der Waals surface area contributed by atoms with Gasteiger partial charge in [0.1, 0.15) is 61.3 Å². The van der Waals surface area contributed by atoms with Gasteiger partial charge in [-0.1, -0.05) is 121 Å². The van der Waals surface area contributed by atoms with E-state index in [0.717, 1.165) is 69.2 Å². The fourth-order valence-electron chi connectivity index (χ4n) is 5.81. The topological polar surface area (TPSA) is 46.2 Å². The third-order valence-corrected chi connectivity index (χ3v) is 8.37. The summed E-state index contributed by atoms with van der Waals surface area (Å²) in [5.74, 6) is 3.73. The molecule has 5 heteroatoms. The van der Waals surface area contributed by atoms with Gasteiger partial charge in [-0.15, -0.1) is 0 Å². The number of benzene rings is 6. The molecular weight excluding hydrogens is 596 g/mol. The Morgan fingerprint density at radius 1 is 0.458 bits per heavy atom. The van der Waals surface area contributed by atoms with Crippen molar-refractivity contribution in [2.75, 3.05) is 0 Å². The van der Waals surface area contributed by atoms with Crippen molar-refractivity contribution >= 4 is 0 Å². The molecule has 5 nitrogen and oxygen atoms in total. The van der Waals surface area contributed by atoms with E-state index in [-0.39, 0.29) is 6.10 Å². The summed E-state index contributed by atoms with van der Waals surface area (Å²) in [4.78, 5) is 0. The van der Waals surface area contributed by atoms with Crippen molar-refractivity contribution in [3.05, 3.63) is 185 Å². The van der Waals surface area contributed by atoms with Gasteiger partial charge in [-0.2, -0.15) is 0 Å². The van der Waals surface area contributed by atoms with Crippen LogP contribution in [0.15, 0.2) is 152 Å². The summed E-state index contributed by atoms with van der Waals surface area (Å²) in [6, 6.07) is 50.7. The van der Waals surface area contributed by atoms with Crippen LogP contribution < -0.4 is 23.7 Å². The van der Waals surface area contributed by atoms with E-state index in [1.807, 2.05) is 97.1 Å². The molecule has 7 rings (SSSR count). The summed E-state index contributed by atoms with van der Waals surface area (Å²) >= 11 is 0. The molecular formula is C43H38O5. The van der Waals surface area contributed by atoms with Crippen LogP contribution in [0, 0.1) is 0 Å². The number of rotatable bonds is 13. The van der Waals surface area contributed by atoms with E-state index in [4.69, 9.17) is 23.7 Å². The summed E-state index contributed by atoms with van der Waals surface area (Å²) in [7, 11) is 0. The van der Waals surface area contributed by atoms with Crippen LogP contribution in [0.1, 0.15) is 45.9 Å². The number of ether oxygens (including phenoxy) is 5. The van der Waals surface area contributed by atoms with Crippen molar-refractivity contribution in [2.24, 2.45) is 0 Å². The van der Waals surface area contributed by atoms with Gasteiger partial charge >= 0.3 is 0 Å². The Morgan fingerprint density at radius 2 is 0.917 bits per heavy atom. The molecule has 0 aromatic heterocycles. The van der Waals surface area contributed by atoms with Crippen molar-refractivity contribution < 1.29 is 23.7 Å². The van der Waals surface area contributed by atoms with Crippen LogP contribution in [-0.2, 0) is 32.8 Å². The zero-order chi connectivity index (χ0) is 32.4. The number of hydrogen-bond donors (Lipinski definition) is 0. The SMILES string of the molecule is c1ccc(COc2ccc(C3CCc4c(OCc5ccccc5)cc(OCc5ccccc5)cc4O3)c(OCc3ccccc3)c2)cc1. The van der Waals surface area contributed by atoms with Crippen LogP contribution in [0.25, 0.3) is 0 Å². The summed E-state index contributed by atoms with van der Waals surface area (Å²) in [5.41, 5.74) is 6.42. The highest BCUT2D eigenvalue weighted by atomic mass is 16.5. The quantitative estimate of drug-likeness (QED) is 0.127. The van der Waals surface area contributed by atoms with Crippen LogP contribution in [0.3, 0.4) is 0 Å². The first kappa shape index (κ1) is 30.9. The van der Waals surface area contributed by atoms with E-state index in [9.17, 15) is 0 Å². The third kappa shape index (κ3) is 7.99. The van der Waals surface area contributed by atoms with Gasteiger partial charge in [0.15, 0.2) is 0 Å². The van der Waals surface area contributed by atoms with Gasteiger partial charge in [-0.3, -0.25) is 0 Å². The van der Waals surface area contributed by atoms with E-state index < -0.39 is 0 Å². The van der Waals surface area contributed by atoms with E-state index in [2.05, 4.69) is 54.6 Å². The zero-order valence-corrected chi connectivity index (χ0v) is 26.8. The molecule has 0 saturated heterocycles. The molecule has 0 N–H and O–H groups in total. The van der Waals surface area contributed by atoms with Gasteiger partial charge in [0, 0.05) is 29.3 Å². The molecule has 0 spiro atoms. The normalized spacial score (nSPS) is 13.5. The van der Waals surface area contributed by atoms with Crippen LogP contribution >= 0.6 is 0 Å². The average Bonchev–Trinajstić information content (AvgIpc) is 3.16. The molecule has 0 bridgehead atoms. The Bertz CT molecular complexity index is 1890. The molecule has 1 heterocycles. The Balaban J connectivity index is 1.15. The second-order valence-electron chi connectivity index (χ2n) is 11.8. The average molecular weight is 635 g/mol. The minimum absolute atomic E-state index is 0.224. The maximum atomic E-state index is 6.78. The highest BCUT2D eigenvalue weighted by Gasteiger charge is 2.28. The monoisotopic (exact) mass is 634 g/mol. The largest absolute Gasteiger partial charge is 0.489 e. The molecule has 6 aromatic rings. The van der Waals surface area contributed by atoms with Crippen molar-refractivity contribution in [2.45, 2.75) is 45.4 Å². The van der Waals surface area contributed by atoms with Gasteiger partial charge in [-0.05, 0) is 47.2 Å². The lowest BCUT2D eigenvalue weighted by Gasteiger charge is -2.29. The van der Waals surface area contributed by atoms with Gasteiger partial charge in [-0.25, -0.2) is 0 Å². The summed E-state index contributed by atoms with van der Waals surface area (Å²) in [6.07, 6.45) is 1.33. The van der Waals surface area contributed by atoms with Gasteiger partial charge in [0.05, 0.1) is 0 Å². The van der Waals surface area contributed by atoms with Crippen molar-refractivity contribution in [3.63, 3.8) is 0 Å². The van der Waals surface area contributed by atoms with Crippen molar-refractivity contribution in [3.8, 4) is 28.7 Å². The summed E-state index contributed by atoms with van der Waals surface area (Å²) in [5, 5.41) is 0. The highest BCUT2D eigenvalue weighted by molar-refractivity contribution is 5.53. The number of fused-ring (bicyclic) bond motifs is 1. The predicted octanol–water partition coefficient (Wildman–Crippen LogP) is 10.1. The molecule has 0 aliphatic carbocycles. The molecule has 48 heavy (non-hydrogen) atoms. The molecule has 1 aliphatic rings. The molecule has 240 valence electrons. The second kappa shape index (κ2) is 15.3. The minimum Gasteiger partial charge on any atom is -0.489 e. The first-order valence-electron chi connectivity index (χ1n) is 16.4. The van der Waals surface area contributed by atoms with E-state index >= 15 is 0 Å². The first-order valence-corrected chi connectivity index (χ1v) is 16.4. The molecule has 0 amide bonds. The minimum atomic E-state index is -0.224. The second-order valence-corrected chi connectivity index (χ2v) is 11.8. The molecule has 0 radical (unpaired) electrons. The Kier molecular flexibility index (Phi) is 9.85. The highest BCUT2D eigenvalue weighted by Crippen LogP contribution is 2.45. The van der Waals surface area contributed by atoms with Crippen LogP contribution in [0.2, 0.25) is 0 Å². The Labute approximate surface area is 282 Å². The fourth-order valence-corrected chi connectivity index (χ4v) is 5.81.